The maximum Gasteiger partial charge on any atom is 0.371 e. The molecule has 1 saturated heterocycles. The topological polar surface area (TPSA) is 135 Å². The number of barbiturate groups is 1. The predicted molar refractivity (Wildman–Crippen MR) is 158 cm³/mol. The summed E-state index contributed by atoms with van der Waals surface area (Å²) in [6, 6.07) is 14.6. The van der Waals surface area contributed by atoms with E-state index < -0.39 is 23.8 Å². The van der Waals surface area contributed by atoms with Crippen LogP contribution in [-0.4, -0.2) is 36.0 Å². The number of anilines is 1. The molecule has 5 aliphatic rings. The quantitative estimate of drug-likeness (QED) is 0.250. The van der Waals surface area contributed by atoms with Crippen molar-refractivity contribution < 1.29 is 38.2 Å². The molecule has 226 valence electrons. The van der Waals surface area contributed by atoms with E-state index in [4.69, 9.17) is 19.0 Å². The molecule has 2 heterocycles. The highest BCUT2D eigenvalue weighted by Gasteiger charge is 2.51. The van der Waals surface area contributed by atoms with Crippen molar-refractivity contribution in [3.05, 3.63) is 82.8 Å². The van der Waals surface area contributed by atoms with E-state index >= 15 is 0 Å². The van der Waals surface area contributed by atoms with Gasteiger partial charge in [-0.1, -0.05) is 18.2 Å². The fraction of sp³-hybridized carbons (Fsp3) is 0.353. The predicted octanol–water partition coefficient (Wildman–Crippen LogP) is 5.70. The van der Waals surface area contributed by atoms with Crippen LogP contribution in [0, 0.1) is 17.8 Å². The molecule has 5 fully saturated rings. The van der Waals surface area contributed by atoms with Crippen LogP contribution in [0.15, 0.2) is 64.6 Å². The second kappa shape index (κ2) is 10.7. The lowest BCUT2D eigenvalue weighted by Gasteiger charge is -2.57. The summed E-state index contributed by atoms with van der Waals surface area (Å²) in [6.07, 6.45) is 9.10. The van der Waals surface area contributed by atoms with Crippen molar-refractivity contribution in [2.24, 2.45) is 17.8 Å². The average molecular weight is 597 g/mol. The summed E-state index contributed by atoms with van der Waals surface area (Å²) in [5.41, 5.74) is 2.16. The molecule has 4 amide bonds. The summed E-state index contributed by atoms with van der Waals surface area (Å²) in [4.78, 5) is 51.2. The minimum atomic E-state index is -1.18. The molecule has 1 aliphatic heterocycles. The van der Waals surface area contributed by atoms with E-state index in [0.29, 0.717) is 28.5 Å². The highest BCUT2D eigenvalue weighted by atomic mass is 16.5. The van der Waals surface area contributed by atoms with Gasteiger partial charge in [0, 0.05) is 0 Å². The number of rotatable bonds is 8. The van der Waals surface area contributed by atoms with Crippen LogP contribution in [0.3, 0.4) is 0 Å². The van der Waals surface area contributed by atoms with Crippen molar-refractivity contribution in [3.8, 4) is 11.5 Å². The number of urea groups is 1. The first-order chi connectivity index (χ1) is 21.2. The Balaban J connectivity index is 1.10. The largest absolute Gasteiger partial charge is 0.493 e. The van der Waals surface area contributed by atoms with Crippen LogP contribution >= 0.6 is 0 Å². The van der Waals surface area contributed by atoms with Gasteiger partial charge in [0.2, 0.25) is 5.76 Å². The van der Waals surface area contributed by atoms with Gasteiger partial charge in [-0.15, -0.1) is 0 Å². The summed E-state index contributed by atoms with van der Waals surface area (Å²) >= 11 is 0. The van der Waals surface area contributed by atoms with Gasteiger partial charge in [0.05, 0.1) is 12.8 Å². The number of nitrogens with zero attached hydrogens (tertiary/aromatic N) is 1. The smallest absolute Gasteiger partial charge is 0.371 e. The van der Waals surface area contributed by atoms with E-state index in [9.17, 15) is 19.2 Å². The van der Waals surface area contributed by atoms with Crippen molar-refractivity contribution in [1.82, 2.24) is 5.32 Å². The average Bonchev–Trinajstić information content (AvgIpc) is 3.48. The number of hydrogen-bond acceptors (Lipinski definition) is 7. The monoisotopic (exact) mass is 596 g/mol. The molecule has 0 atom stereocenters. The molecular weight excluding hydrogens is 564 g/mol. The van der Waals surface area contributed by atoms with Crippen LogP contribution in [0.5, 0.6) is 11.5 Å². The zero-order valence-electron chi connectivity index (χ0n) is 24.2. The molecule has 3 aromatic rings. The van der Waals surface area contributed by atoms with Crippen molar-refractivity contribution >= 4 is 35.6 Å². The van der Waals surface area contributed by atoms with Crippen LogP contribution < -0.4 is 19.7 Å². The number of carbonyl (C=O) groups is 4. The Hall–Kier alpha value is -4.86. The van der Waals surface area contributed by atoms with Crippen molar-refractivity contribution in [2.45, 2.75) is 50.5 Å². The number of carboxylic acids is 1. The van der Waals surface area contributed by atoms with Gasteiger partial charge in [-0.2, -0.15) is 0 Å². The molecule has 4 aliphatic carbocycles. The van der Waals surface area contributed by atoms with Crippen molar-refractivity contribution in [2.75, 3.05) is 12.0 Å². The second-order valence-electron chi connectivity index (χ2n) is 12.5. The third-order valence-electron chi connectivity index (χ3n) is 9.62. The van der Waals surface area contributed by atoms with Crippen molar-refractivity contribution in [1.29, 1.82) is 0 Å². The van der Waals surface area contributed by atoms with Crippen LogP contribution in [0.4, 0.5) is 10.5 Å². The molecule has 0 unspecified atom stereocenters. The maximum atomic E-state index is 13.6. The highest BCUT2D eigenvalue weighted by molar-refractivity contribution is 6.39. The highest BCUT2D eigenvalue weighted by Crippen LogP contribution is 2.60. The molecule has 2 aromatic carbocycles. The third kappa shape index (κ3) is 4.94. The molecule has 1 aromatic heterocycles. The lowest BCUT2D eigenvalue weighted by Crippen LogP contribution is -2.54. The Labute approximate surface area is 253 Å². The van der Waals surface area contributed by atoms with Crippen LogP contribution in [0.2, 0.25) is 0 Å². The van der Waals surface area contributed by atoms with Crippen molar-refractivity contribution in [3.63, 3.8) is 0 Å². The van der Waals surface area contributed by atoms with Gasteiger partial charge in [0.25, 0.3) is 11.8 Å². The Morgan fingerprint density at radius 1 is 0.977 bits per heavy atom. The molecule has 4 saturated carbocycles. The first kappa shape index (κ1) is 27.9. The van der Waals surface area contributed by atoms with E-state index in [-0.39, 0.29) is 23.4 Å². The van der Waals surface area contributed by atoms with Crippen LogP contribution in [-0.2, 0) is 21.6 Å². The van der Waals surface area contributed by atoms with E-state index in [0.717, 1.165) is 22.7 Å². The van der Waals surface area contributed by atoms with E-state index in [1.54, 1.807) is 18.2 Å². The van der Waals surface area contributed by atoms with E-state index in [2.05, 4.69) is 17.4 Å². The number of carboxylic acid groups (broad SMARTS) is 1. The summed E-state index contributed by atoms with van der Waals surface area (Å²) in [5.74, 6) is 0.515. The van der Waals surface area contributed by atoms with Crippen LogP contribution in [0.25, 0.3) is 6.08 Å². The molecular formula is C34H32N2O8. The molecule has 44 heavy (non-hydrogen) atoms. The maximum absolute atomic E-state index is 13.6. The number of methoxy groups -OCH3 is 1. The number of nitrogens with one attached hydrogen (secondary N) is 1. The standard InChI is InChI=1S/C34H32N2O8/c1-42-29-14-19(2-8-27(29)43-18-25-7-9-28(44-25)32(39)40)13-26-30(37)35-33(41)36(31(26)38)24-5-3-23(4-6-24)34-15-20-10-21(16-34)12-22(11-20)17-34/h2-9,13-14,20-22H,10-12,15-18H2,1H3,(H,39,40)(H,35,37,41)/b26-13+. The van der Waals surface area contributed by atoms with Gasteiger partial charge in [0.1, 0.15) is 17.9 Å². The summed E-state index contributed by atoms with van der Waals surface area (Å²) < 4.78 is 16.4. The molecule has 10 heteroatoms. The zero-order chi connectivity index (χ0) is 30.6. The number of benzene rings is 2. The number of amides is 4. The number of hydrogen-bond donors (Lipinski definition) is 2. The lowest BCUT2D eigenvalue weighted by atomic mass is 9.48. The van der Waals surface area contributed by atoms with Gasteiger partial charge >= 0.3 is 12.0 Å². The molecule has 8 rings (SSSR count). The van der Waals surface area contributed by atoms with Gasteiger partial charge < -0.3 is 19.0 Å². The minimum absolute atomic E-state index is 0.0380. The van der Waals surface area contributed by atoms with Gasteiger partial charge in [-0.25, -0.2) is 14.5 Å². The minimum Gasteiger partial charge on any atom is -0.493 e. The van der Waals surface area contributed by atoms with Gasteiger partial charge in [-0.3, -0.25) is 14.9 Å². The molecule has 0 spiro atoms. The number of aromatic carboxylic acids is 1. The zero-order valence-corrected chi connectivity index (χ0v) is 24.2. The Morgan fingerprint density at radius 2 is 1.66 bits per heavy atom. The fourth-order valence-electron chi connectivity index (χ4n) is 8.10. The number of imide groups is 2. The Kier molecular flexibility index (Phi) is 6.79. The second-order valence-corrected chi connectivity index (χ2v) is 12.5. The number of furan rings is 1. The molecule has 4 bridgehead atoms. The van der Waals surface area contributed by atoms with E-state index in [1.165, 1.54) is 69.4 Å². The first-order valence-corrected chi connectivity index (χ1v) is 14.9. The molecule has 10 nitrogen and oxygen atoms in total. The molecule has 2 N–H and O–H groups in total. The Bertz CT molecular complexity index is 1670. The van der Waals surface area contributed by atoms with Gasteiger partial charge in [-0.05, 0) is 115 Å². The normalized spacial score (nSPS) is 26.7. The summed E-state index contributed by atoms with van der Waals surface area (Å²) in [7, 11) is 1.44. The number of ether oxygens (including phenoxy) is 2. The fourth-order valence-corrected chi connectivity index (χ4v) is 8.10. The summed E-state index contributed by atoms with van der Waals surface area (Å²) in [6.45, 7) is -0.0380. The molecule has 0 radical (unpaired) electrons. The number of carbonyl (C=O) groups excluding carboxylic acids is 3. The van der Waals surface area contributed by atoms with Crippen LogP contribution in [0.1, 0.15) is 66.0 Å². The summed E-state index contributed by atoms with van der Waals surface area (Å²) in [5, 5.41) is 11.3. The Morgan fingerprint density at radius 3 is 2.27 bits per heavy atom. The van der Waals surface area contributed by atoms with E-state index in [1.807, 2.05) is 12.1 Å². The van der Waals surface area contributed by atoms with Gasteiger partial charge in [0.15, 0.2) is 11.5 Å². The SMILES string of the molecule is COc1cc(/C=C2\C(=O)NC(=O)N(c3ccc(C45CC6CC(CC(C6)C4)C5)cc3)C2=O)ccc1OCc1ccc(C(=O)O)o1. The third-order valence-corrected chi connectivity index (χ3v) is 9.62. The first-order valence-electron chi connectivity index (χ1n) is 14.9. The lowest BCUT2D eigenvalue weighted by molar-refractivity contribution is -0.122.